The average Bonchev–Trinajstić information content (AvgIpc) is 2.53. The van der Waals surface area contributed by atoms with Gasteiger partial charge in [0.15, 0.2) is 0 Å². The number of aliphatic carboxylic acids is 1. The minimum Gasteiger partial charge on any atom is -0.481 e. The number of rotatable bonds is 6. The maximum Gasteiger partial charge on any atom is 0.307 e. The molecule has 2 aromatic rings. The first kappa shape index (κ1) is 18.3. The van der Waals surface area contributed by atoms with E-state index < -0.39 is 11.9 Å². The molecule has 0 fully saturated rings. The summed E-state index contributed by atoms with van der Waals surface area (Å²) in [5.74, 6) is -2.18. The van der Waals surface area contributed by atoms with Crippen molar-refractivity contribution in [1.29, 1.82) is 0 Å². The van der Waals surface area contributed by atoms with Gasteiger partial charge in [-0.05, 0) is 48.7 Å². The van der Waals surface area contributed by atoms with Gasteiger partial charge in [0.25, 0.3) is 0 Å². The highest BCUT2D eigenvalue weighted by Gasteiger charge is 2.22. The SMILES string of the molecule is Cc1c(Cl)cccc1NC(=O)C[C@@H](Cc1ccc(Cl)cc1)C(=O)O. The van der Waals surface area contributed by atoms with Gasteiger partial charge in [-0.15, -0.1) is 0 Å². The Labute approximate surface area is 150 Å². The first-order valence-electron chi connectivity index (χ1n) is 7.39. The lowest BCUT2D eigenvalue weighted by Gasteiger charge is -2.14. The summed E-state index contributed by atoms with van der Waals surface area (Å²) in [5, 5.41) is 13.2. The fourth-order valence-electron chi connectivity index (χ4n) is 2.32. The van der Waals surface area contributed by atoms with Gasteiger partial charge in [-0.25, -0.2) is 0 Å². The molecule has 0 aliphatic carbocycles. The fourth-order valence-corrected chi connectivity index (χ4v) is 2.62. The third-order valence-electron chi connectivity index (χ3n) is 3.72. The van der Waals surface area contributed by atoms with Crippen LogP contribution in [0.2, 0.25) is 10.0 Å². The Bertz CT molecular complexity index is 744. The first-order valence-corrected chi connectivity index (χ1v) is 8.14. The summed E-state index contributed by atoms with van der Waals surface area (Å²) >= 11 is 11.8. The lowest BCUT2D eigenvalue weighted by Crippen LogP contribution is -2.24. The van der Waals surface area contributed by atoms with Gasteiger partial charge in [-0.3, -0.25) is 9.59 Å². The van der Waals surface area contributed by atoms with Crippen LogP contribution in [-0.4, -0.2) is 17.0 Å². The van der Waals surface area contributed by atoms with Gasteiger partial charge in [0.05, 0.1) is 5.92 Å². The van der Waals surface area contributed by atoms with Gasteiger partial charge >= 0.3 is 5.97 Å². The number of hydrogen-bond donors (Lipinski definition) is 2. The fraction of sp³-hybridized carbons (Fsp3) is 0.222. The van der Waals surface area contributed by atoms with Crippen molar-refractivity contribution in [1.82, 2.24) is 0 Å². The molecule has 0 heterocycles. The Hall–Kier alpha value is -2.04. The maximum atomic E-state index is 12.2. The molecule has 24 heavy (non-hydrogen) atoms. The van der Waals surface area contributed by atoms with Crippen molar-refractivity contribution in [2.45, 2.75) is 19.8 Å². The van der Waals surface area contributed by atoms with E-state index in [1.54, 1.807) is 49.4 Å². The number of amides is 1. The van der Waals surface area contributed by atoms with Crippen LogP contribution in [0.15, 0.2) is 42.5 Å². The van der Waals surface area contributed by atoms with Gasteiger partial charge in [0.2, 0.25) is 5.91 Å². The molecule has 2 N–H and O–H groups in total. The summed E-state index contributed by atoms with van der Waals surface area (Å²) < 4.78 is 0. The highest BCUT2D eigenvalue weighted by atomic mass is 35.5. The number of carboxylic acids is 1. The molecular weight excluding hydrogens is 349 g/mol. The van der Waals surface area contributed by atoms with Gasteiger partial charge in [-0.2, -0.15) is 0 Å². The highest BCUT2D eigenvalue weighted by Crippen LogP contribution is 2.24. The van der Waals surface area contributed by atoms with Crippen LogP contribution in [-0.2, 0) is 16.0 Å². The summed E-state index contributed by atoms with van der Waals surface area (Å²) in [7, 11) is 0. The summed E-state index contributed by atoms with van der Waals surface area (Å²) in [5.41, 5.74) is 2.15. The predicted octanol–water partition coefficient (Wildman–Crippen LogP) is 4.57. The van der Waals surface area contributed by atoms with Crippen LogP contribution in [0.5, 0.6) is 0 Å². The lowest BCUT2D eigenvalue weighted by molar-refractivity contribution is -0.143. The second kappa shape index (κ2) is 8.18. The third kappa shape index (κ3) is 4.98. The zero-order valence-corrected chi connectivity index (χ0v) is 14.6. The van der Waals surface area contributed by atoms with Crippen molar-refractivity contribution in [3.05, 3.63) is 63.6 Å². The van der Waals surface area contributed by atoms with Crippen LogP contribution in [0.3, 0.4) is 0 Å². The Balaban J connectivity index is 2.04. The van der Waals surface area contributed by atoms with E-state index in [4.69, 9.17) is 23.2 Å². The number of carbonyl (C=O) groups excluding carboxylic acids is 1. The molecule has 1 atom stereocenters. The van der Waals surface area contributed by atoms with E-state index in [9.17, 15) is 14.7 Å². The van der Waals surface area contributed by atoms with Gasteiger partial charge in [0.1, 0.15) is 0 Å². The van der Waals surface area contributed by atoms with Crippen molar-refractivity contribution in [3.8, 4) is 0 Å². The molecule has 0 aliphatic heterocycles. The minimum absolute atomic E-state index is 0.121. The van der Waals surface area contributed by atoms with Crippen molar-refractivity contribution < 1.29 is 14.7 Å². The van der Waals surface area contributed by atoms with Crippen LogP contribution in [0.25, 0.3) is 0 Å². The molecule has 0 aliphatic rings. The molecule has 0 aromatic heterocycles. The van der Waals surface area contributed by atoms with Gasteiger partial charge in [-0.1, -0.05) is 41.4 Å². The van der Waals surface area contributed by atoms with E-state index in [0.29, 0.717) is 15.7 Å². The predicted molar refractivity (Wildman–Crippen MR) is 95.7 cm³/mol. The molecule has 0 unspecified atom stereocenters. The molecule has 2 aromatic carbocycles. The lowest BCUT2D eigenvalue weighted by atomic mass is 9.96. The molecular formula is C18H17Cl2NO3. The number of nitrogens with one attached hydrogen (secondary N) is 1. The summed E-state index contributed by atoms with van der Waals surface area (Å²) in [6, 6.07) is 12.1. The number of benzene rings is 2. The number of anilines is 1. The van der Waals surface area contributed by atoms with Crippen LogP contribution in [0.1, 0.15) is 17.5 Å². The van der Waals surface area contributed by atoms with Crippen molar-refractivity contribution in [3.63, 3.8) is 0 Å². The standard InChI is InChI=1S/C18H17Cl2NO3/c1-11-15(20)3-2-4-16(11)21-17(22)10-13(18(23)24)9-12-5-7-14(19)8-6-12/h2-8,13H,9-10H2,1H3,(H,21,22)(H,23,24)/t13-/m1/s1. The average molecular weight is 366 g/mol. The summed E-state index contributed by atoms with van der Waals surface area (Å²) in [4.78, 5) is 23.6. The first-order chi connectivity index (χ1) is 11.4. The highest BCUT2D eigenvalue weighted by molar-refractivity contribution is 6.31. The Morgan fingerprint density at radius 1 is 1.12 bits per heavy atom. The monoisotopic (exact) mass is 365 g/mol. The minimum atomic E-state index is -1.01. The number of carbonyl (C=O) groups is 2. The van der Waals surface area contributed by atoms with Crippen molar-refractivity contribution >= 4 is 40.8 Å². The van der Waals surface area contributed by atoms with Crippen LogP contribution < -0.4 is 5.32 Å². The Morgan fingerprint density at radius 2 is 1.79 bits per heavy atom. The number of hydrogen-bond acceptors (Lipinski definition) is 2. The van der Waals surface area contributed by atoms with Gasteiger partial charge < -0.3 is 10.4 Å². The Morgan fingerprint density at radius 3 is 2.42 bits per heavy atom. The molecule has 0 spiro atoms. The largest absolute Gasteiger partial charge is 0.481 e. The smallest absolute Gasteiger partial charge is 0.307 e. The molecule has 4 nitrogen and oxygen atoms in total. The van der Waals surface area contributed by atoms with E-state index in [-0.39, 0.29) is 18.7 Å². The number of halogens is 2. The molecule has 126 valence electrons. The van der Waals surface area contributed by atoms with Crippen LogP contribution in [0, 0.1) is 12.8 Å². The van der Waals surface area contributed by atoms with E-state index in [0.717, 1.165) is 11.1 Å². The second-order valence-electron chi connectivity index (χ2n) is 5.53. The van der Waals surface area contributed by atoms with Crippen molar-refractivity contribution in [2.75, 3.05) is 5.32 Å². The van der Waals surface area contributed by atoms with Crippen LogP contribution in [0.4, 0.5) is 5.69 Å². The quantitative estimate of drug-likeness (QED) is 0.787. The maximum absolute atomic E-state index is 12.2. The summed E-state index contributed by atoms with van der Waals surface area (Å²) in [6.45, 7) is 1.79. The molecule has 2 rings (SSSR count). The summed E-state index contributed by atoms with van der Waals surface area (Å²) in [6.07, 6.45) is 0.137. The molecule has 0 radical (unpaired) electrons. The zero-order chi connectivity index (χ0) is 17.7. The van der Waals surface area contributed by atoms with Gasteiger partial charge in [0, 0.05) is 22.2 Å². The topological polar surface area (TPSA) is 66.4 Å². The third-order valence-corrected chi connectivity index (χ3v) is 4.38. The van der Waals surface area contributed by atoms with Crippen molar-refractivity contribution in [2.24, 2.45) is 5.92 Å². The Kier molecular flexibility index (Phi) is 6.23. The van der Waals surface area contributed by atoms with E-state index in [1.165, 1.54) is 0 Å². The molecule has 6 heteroatoms. The zero-order valence-electron chi connectivity index (χ0n) is 13.1. The molecule has 0 saturated carbocycles. The number of carboxylic acid groups (broad SMARTS) is 1. The van der Waals surface area contributed by atoms with E-state index in [2.05, 4.69) is 5.32 Å². The molecule has 1 amide bonds. The second-order valence-corrected chi connectivity index (χ2v) is 6.37. The normalized spacial score (nSPS) is 11.8. The van der Waals surface area contributed by atoms with E-state index >= 15 is 0 Å². The molecule has 0 saturated heterocycles. The molecule has 0 bridgehead atoms. The van der Waals surface area contributed by atoms with E-state index in [1.807, 2.05) is 0 Å². The van der Waals surface area contributed by atoms with Crippen LogP contribution >= 0.6 is 23.2 Å².